The van der Waals surface area contributed by atoms with E-state index in [9.17, 15) is 0 Å². The monoisotopic (exact) mass is 476 g/mol. The van der Waals surface area contributed by atoms with E-state index < -0.39 is 0 Å². The Labute approximate surface area is 176 Å². The molecule has 1 aliphatic heterocycles. The van der Waals surface area contributed by atoms with Gasteiger partial charge in [-0.05, 0) is 45.3 Å². The lowest BCUT2D eigenvalue weighted by molar-refractivity contribution is 0.260. The van der Waals surface area contributed by atoms with Gasteiger partial charge in [-0.25, -0.2) is 0 Å². The number of hydrogen-bond acceptors (Lipinski definition) is 3. The van der Waals surface area contributed by atoms with Gasteiger partial charge in [-0.3, -0.25) is 9.67 Å². The van der Waals surface area contributed by atoms with E-state index in [-0.39, 0.29) is 24.0 Å². The molecule has 0 aromatic carbocycles. The van der Waals surface area contributed by atoms with Crippen LogP contribution in [-0.4, -0.2) is 71.9 Å². The molecular weight excluding hydrogens is 439 g/mol. The fourth-order valence-corrected chi connectivity index (χ4v) is 3.49. The standard InChI is InChI=1S/C19H36N6.HI/c1-7-20-19(21-12-18(23(4)5)10-15(2)3)25-9-8-16(14-25)17-11-22-24(6)13-17;/h11,13,15-16,18H,7-10,12,14H2,1-6H3,(H,20,21);1H. The maximum absolute atomic E-state index is 4.97. The van der Waals surface area contributed by atoms with Gasteiger partial charge in [0.05, 0.1) is 12.7 Å². The lowest BCUT2D eigenvalue weighted by atomic mass is 10.0. The number of nitrogens with zero attached hydrogens (tertiary/aromatic N) is 5. The molecule has 0 aliphatic carbocycles. The van der Waals surface area contributed by atoms with Gasteiger partial charge in [-0.15, -0.1) is 24.0 Å². The average molecular weight is 476 g/mol. The summed E-state index contributed by atoms with van der Waals surface area (Å²) in [6.45, 7) is 10.5. The molecule has 7 heteroatoms. The molecule has 2 atom stereocenters. The molecule has 1 N–H and O–H groups in total. The summed E-state index contributed by atoms with van der Waals surface area (Å²) in [6, 6.07) is 0.491. The van der Waals surface area contributed by atoms with E-state index in [1.807, 2.05) is 17.9 Å². The Balaban J connectivity index is 0.00000338. The fourth-order valence-electron chi connectivity index (χ4n) is 3.49. The number of likely N-dealkylation sites (tertiary alicyclic amines) is 1. The van der Waals surface area contributed by atoms with Crippen molar-refractivity contribution in [2.45, 2.75) is 45.6 Å². The third-order valence-electron chi connectivity index (χ3n) is 4.94. The van der Waals surface area contributed by atoms with E-state index in [2.05, 4.69) is 61.3 Å². The third-order valence-corrected chi connectivity index (χ3v) is 4.94. The van der Waals surface area contributed by atoms with Crippen molar-refractivity contribution in [1.29, 1.82) is 0 Å². The topological polar surface area (TPSA) is 48.7 Å². The second-order valence-corrected chi connectivity index (χ2v) is 7.82. The van der Waals surface area contributed by atoms with Crippen LogP contribution in [0.5, 0.6) is 0 Å². The number of nitrogens with one attached hydrogen (secondary N) is 1. The quantitative estimate of drug-likeness (QED) is 0.374. The number of halogens is 1. The predicted molar refractivity (Wildman–Crippen MR) is 120 cm³/mol. The van der Waals surface area contributed by atoms with Crippen molar-refractivity contribution in [2.24, 2.45) is 18.0 Å². The molecule has 0 amide bonds. The number of aliphatic imine (C=N–C) groups is 1. The molecule has 1 saturated heterocycles. The Morgan fingerprint density at radius 3 is 2.69 bits per heavy atom. The van der Waals surface area contributed by atoms with Crippen LogP contribution in [0.3, 0.4) is 0 Å². The Morgan fingerprint density at radius 2 is 2.15 bits per heavy atom. The average Bonchev–Trinajstić information content (AvgIpc) is 3.18. The smallest absolute Gasteiger partial charge is 0.193 e. The van der Waals surface area contributed by atoms with Crippen LogP contribution in [0.2, 0.25) is 0 Å². The van der Waals surface area contributed by atoms with Gasteiger partial charge in [0.15, 0.2) is 5.96 Å². The summed E-state index contributed by atoms with van der Waals surface area (Å²) in [4.78, 5) is 9.68. The molecule has 2 heterocycles. The molecule has 0 bridgehead atoms. The molecule has 1 fully saturated rings. The lowest BCUT2D eigenvalue weighted by Gasteiger charge is -2.26. The van der Waals surface area contributed by atoms with Gasteiger partial charge in [0.1, 0.15) is 0 Å². The minimum absolute atomic E-state index is 0. The largest absolute Gasteiger partial charge is 0.357 e. The van der Waals surface area contributed by atoms with Crippen LogP contribution >= 0.6 is 24.0 Å². The summed E-state index contributed by atoms with van der Waals surface area (Å²) in [6.07, 6.45) is 6.49. The van der Waals surface area contributed by atoms with Gasteiger partial charge in [0, 0.05) is 44.8 Å². The first-order chi connectivity index (χ1) is 11.9. The zero-order valence-electron chi connectivity index (χ0n) is 17.3. The molecule has 1 aromatic rings. The summed E-state index contributed by atoms with van der Waals surface area (Å²) < 4.78 is 1.89. The molecule has 1 aliphatic rings. The molecule has 26 heavy (non-hydrogen) atoms. The predicted octanol–water partition coefficient (Wildman–Crippen LogP) is 2.77. The number of guanidine groups is 1. The van der Waals surface area contributed by atoms with Gasteiger partial charge in [-0.1, -0.05) is 13.8 Å². The molecule has 0 spiro atoms. The molecule has 0 radical (unpaired) electrons. The number of rotatable bonds is 7. The molecule has 0 saturated carbocycles. The molecule has 1 aromatic heterocycles. The molecular formula is C19H37IN6. The minimum atomic E-state index is 0. The van der Waals surface area contributed by atoms with Crippen LogP contribution in [0.4, 0.5) is 0 Å². The van der Waals surface area contributed by atoms with Crippen LogP contribution in [0, 0.1) is 5.92 Å². The number of likely N-dealkylation sites (N-methyl/N-ethyl adjacent to an activating group) is 1. The zero-order valence-corrected chi connectivity index (χ0v) is 19.6. The Kier molecular flexibility index (Phi) is 9.92. The van der Waals surface area contributed by atoms with E-state index in [0.29, 0.717) is 17.9 Å². The van der Waals surface area contributed by atoms with Crippen molar-refractivity contribution in [2.75, 3.05) is 40.3 Å². The lowest BCUT2D eigenvalue weighted by Crippen LogP contribution is -2.41. The highest BCUT2D eigenvalue weighted by Gasteiger charge is 2.27. The van der Waals surface area contributed by atoms with Crippen LogP contribution in [-0.2, 0) is 7.05 Å². The summed E-state index contributed by atoms with van der Waals surface area (Å²) >= 11 is 0. The number of aromatic nitrogens is 2. The first-order valence-corrected chi connectivity index (χ1v) is 9.58. The molecule has 150 valence electrons. The number of hydrogen-bond donors (Lipinski definition) is 1. The summed E-state index contributed by atoms with van der Waals surface area (Å²) in [5.41, 5.74) is 1.34. The van der Waals surface area contributed by atoms with Gasteiger partial charge < -0.3 is 15.1 Å². The van der Waals surface area contributed by atoms with Crippen molar-refractivity contribution in [3.8, 4) is 0 Å². The van der Waals surface area contributed by atoms with Crippen molar-refractivity contribution in [3.63, 3.8) is 0 Å². The first kappa shape index (κ1) is 23.2. The first-order valence-electron chi connectivity index (χ1n) is 9.58. The minimum Gasteiger partial charge on any atom is -0.357 e. The second kappa shape index (κ2) is 11.1. The van der Waals surface area contributed by atoms with E-state index >= 15 is 0 Å². The van der Waals surface area contributed by atoms with Gasteiger partial charge in [0.2, 0.25) is 0 Å². The van der Waals surface area contributed by atoms with Crippen LogP contribution in [0.25, 0.3) is 0 Å². The molecule has 6 nitrogen and oxygen atoms in total. The summed E-state index contributed by atoms with van der Waals surface area (Å²) in [5.74, 6) is 2.30. The van der Waals surface area contributed by atoms with Gasteiger partial charge in [-0.2, -0.15) is 5.10 Å². The zero-order chi connectivity index (χ0) is 18.4. The van der Waals surface area contributed by atoms with Crippen molar-refractivity contribution in [1.82, 2.24) is 24.9 Å². The van der Waals surface area contributed by atoms with Crippen LogP contribution < -0.4 is 5.32 Å². The second-order valence-electron chi connectivity index (χ2n) is 7.82. The van der Waals surface area contributed by atoms with Crippen LogP contribution in [0.15, 0.2) is 17.4 Å². The SMILES string of the molecule is CCNC(=NCC(CC(C)C)N(C)C)N1CCC(c2cnn(C)c2)C1.I. The maximum atomic E-state index is 4.97. The van der Waals surface area contributed by atoms with Gasteiger partial charge >= 0.3 is 0 Å². The van der Waals surface area contributed by atoms with E-state index in [1.165, 1.54) is 18.4 Å². The van der Waals surface area contributed by atoms with E-state index in [0.717, 1.165) is 32.1 Å². The molecule has 2 unspecified atom stereocenters. The van der Waals surface area contributed by atoms with Crippen molar-refractivity contribution >= 4 is 29.9 Å². The Bertz CT molecular complexity index is 554. The third kappa shape index (κ3) is 6.72. The Hall–Kier alpha value is -0.830. The van der Waals surface area contributed by atoms with Crippen molar-refractivity contribution in [3.05, 3.63) is 18.0 Å². The highest BCUT2D eigenvalue weighted by Crippen LogP contribution is 2.26. The highest BCUT2D eigenvalue weighted by molar-refractivity contribution is 14.0. The fraction of sp³-hybridized carbons (Fsp3) is 0.789. The van der Waals surface area contributed by atoms with E-state index in [1.54, 1.807) is 0 Å². The van der Waals surface area contributed by atoms with Crippen LogP contribution in [0.1, 0.15) is 45.1 Å². The summed E-state index contributed by atoms with van der Waals surface area (Å²) in [7, 11) is 6.30. The molecule has 2 rings (SSSR count). The normalized spacial score (nSPS) is 19.2. The number of aryl methyl sites for hydroxylation is 1. The van der Waals surface area contributed by atoms with E-state index in [4.69, 9.17) is 4.99 Å². The maximum Gasteiger partial charge on any atom is 0.193 e. The Morgan fingerprint density at radius 1 is 1.42 bits per heavy atom. The highest BCUT2D eigenvalue weighted by atomic mass is 127. The summed E-state index contributed by atoms with van der Waals surface area (Å²) in [5, 5.41) is 7.81. The van der Waals surface area contributed by atoms with Gasteiger partial charge in [0.25, 0.3) is 0 Å². The van der Waals surface area contributed by atoms with Crippen molar-refractivity contribution < 1.29 is 0 Å².